The molecule has 0 aromatic heterocycles. The fourth-order valence-corrected chi connectivity index (χ4v) is 3.60. The van der Waals surface area contributed by atoms with Crippen LogP contribution < -0.4 is 0 Å². The molecule has 0 unspecified atom stereocenters. The first-order valence-electron chi connectivity index (χ1n) is 7.20. The maximum Gasteiger partial charge on any atom is 0.0657 e. The van der Waals surface area contributed by atoms with Crippen molar-refractivity contribution in [1.82, 2.24) is 0 Å². The van der Waals surface area contributed by atoms with Crippen LogP contribution in [0.4, 0.5) is 0 Å². The number of hydrogen-bond acceptors (Lipinski definition) is 2. The molecule has 0 bridgehead atoms. The number of rotatable bonds is 3. The average Bonchev–Trinajstić information content (AvgIpc) is 2.39. The molecular formula is C16H26O2. The van der Waals surface area contributed by atoms with Crippen LogP contribution in [0.1, 0.15) is 39.5 Å². The molecule has 0 saturated carbocycles. The Bertz CT molecular complexity index is 334. The van der Waals surface area contributed by atoms with Crippen molar-refractivity contribution < 1.29 is 10.2 Å². The van der Waals surface area contributed by atoms with Crippen molar-refractivity contribution in [3.63, 3.8) is 0 Å². The molecule has 2 rings (SSSR count). The van der Waals surface area contributed by atoms with E-state index < -0.39 is 6.10 Å². The number of aliphatic hydroxyl groups is 2. The molecule has 2 heteroatoms. The zero-order valence-electron chi connectivity index (χ0n) is 11.5. The molecule has 2 nitrogen and oxygen atoms in total. The standard InChI is InChI=1S/C16H26O2/c1-12-7-3-4-9-14(12)15(18)16(11-17)10-6-5-8-13(16)2/h3-6,12-15,17-18H,7-11H2,1-2H3/t12-,13+,14+,15+,16+/m1/s1. The Morgan fingerprint density at radius 1 is 1.11 bits per heavy atom. The minimum atomic E-state index is -0.401. The van der Waals surface area contributed by atoms with Crippen LogP contribution >= 0.6 is 0 Å². The van der Waals surface area contributed by atoms with Crippen molar-refractivity contribution in [2.45, 2.75) is 45.6 Å². The summed E-state index contributed by atoms with van der Waals surface area (Å²) in [5.74, 6) is 1.14. The molecule has 0 radical (unpaired) electrons. The maximum atomic E-state index is 10.9. The summed E-state index contributed by atoms with van der Waals surface area (Å²) in [4.78, 5) is 0. The summed E-state index contributed by atoms with van der Waals surface area (Å²) in [6.45, 7) is 4.46. The average molecular weight is 250 g/mol. The van der Waals surface area contributed by atoms with Gasteiger partial charge in [-0.1, -0.05) is 38.2 Å². The van der Waals surface area contributed by atoms with E-state index in [-0.39, 0.29) is 17.9 Å². The fourth-order valence-electron chi connectivity index (χ4n) is 3.60. The zero-order chi connectivity index (χ0) is 13.2. The van der Waals surface area contributed by atoms with Crippen molar-refractivity contribution in [3.8, 4) is 0 Å². The molecule has 0 aromatic carbocycles. The lowest BCUT2D eigenvalue weighted by molar-refractivity contribution is -0.0948. The summed E-state index contributed by atoms with van der Waals surface area (Å²) < 4.78 is 0. The van der Waals surface area contributed by atoms with Crippen LogP contribution in [0.15, 0.2) is 24.3 Å². The third-order valence-electron chi connectivity index (χ3n) is 5.24. The first kappa shape index (κ1) is 13.8. The normalized spacial score (nSPS) is 41.9. The Balaban J connectivity index is 2.21. The summed E-state index contributed by atoms with van der Waals surface area (Å²) in [5.41, 5.74) is -0.334. The Kier molecular flexibility index (Phi) is 4.29. The van der Waals surface area contributed by atoms with Gasteiger partial charge >= 0.3 is 0 Å². The second-order valence-corrected chi connectivity index (χ2v) is 6.23. The van der Waals surface area contributed by atoms with Gasteiger partial charge < -0.3 is 10.2 Å². The van der Waals surface area contributed by atoms with Crippen LogP contribution in [-0.4, -0.2) is 22.9 Å². The molecule has 2 aliphatic rings. The lowest BCUT2D eigenvalue weighted by Gasteiger charge is -2.47. The third kappa shape index (κ3) is 2.28. The molecule has 0 amide bonds. The molecule has 5 atom stereocenters. The number of hydrogen-bond donors (Lipinski definition) is 2. The van der Waals surface area contributed by atoms with Gasteiger partial charge in [0.15, 0.2) is 0 Å². The molecule has 0 aliphatic heterocycles. The Morgan fingerprint density at radius 3 is 2.39 bits per heavy atom. The van der Waals surface area contributed by atoms with Gasteiger partial charge in [-0.3, -0.25) is 0 Å². The second-order valence-electron chi connectivity index (χ2n) is 6.23. The first-order valence-corrected chi connectivity index (χ1v) is 7.20. The molecule has 2 aliphatic carbocycles. The topological polar surface area (TPSA) is 40.5 Å². The quantitative estimate of drug-likeness (QED) is 0.756. The minimum absolute atomic E-state index is 0.0899. The predicted molar refractivity (Wildman–Crippen MR) is 74.1 cm³/mol. The van der Waals surface area contributed by atoms with Gasteiger partial charge in [0.2, 0.25) is 0 Å². The van der Waals surface area contributed by atoms with Gasteiger partial charge in [-0.25, -0.2) is 0 Å². The zero-order valence-corrected chi connectivity index (χ0v) is 11.5. The third-order valence-corrected chi connectivity index (χ3v) is 5.24. The Morgan fingerprint density at radius 2 is 1.78 bits per heavy atom. The first-order chi connectivity index (χ1) is 8.62. The summed E-state index contributed by atoms with van der Waals surface area (Å²) in [6, 6.07) is 0. The van der Waals surface area contributed by atoms with E-state index >= 15 is 0 Å². The van der Waals surface area contributed by atoms with E-state index in [9.17, 15) is 10.2 Å². The van der Waals surface area contributed by atoms with Gasteiger partial charge in [0, 0.05) is 5.41 Å². The van der Waals surface area contributed by atoms with Gasteiger partial charge in [-0.2, -0.15) is 0 Å². The fraction of sp³-hybridized carbons (Fsp3) is 0.750. The van der Waals surface area contributed by atoms with Crippen molar-refractivity contribution >= 4 is 0 Å². The van der Waals surface area contributed by atoms with E-state index in [0.717, 1.165) is 25.7 Å². The van der Waals surface area contributed by atoms with E-state index in [1.54, 1.807) is 0 Å². The molecule has 0 spiro atoms. The Hall–Kier alpha value is -0.600. The maximum absolute atomic E-state index is 10.9. The molecule has 18 heavy (non-hydrogen) atoms. The van der Waals surface area contributed by atoms with E-state index in [1.807, 2.05) is 0 Å². The van der Waals surface area contributed by atoms with Crippen LogP contribution in [0.25, 0.3) is 0 Å². The van der Waals surface area contributed by atoms with Gasteiger partial charge in [0.25, 0.3) is 0 Å². The summed E-state index contributed by atoms with van der Waals surface area (Å²) in [5, 5.41) is 20.7. The van der Waals surface area contributed by atoms with Crippen LogP contribution in [-0.2, 0) is 0 Å². The molecule has 102 valence electrons. The van der Waals surface area contributed by atoms with Gasteiger partial charge in [-0.15, -0.1) is 0 Å². The SMILES string of the molecule is C[C@@H]1CC=CC[C@@H]1[C@H](O)[C@]1(CO)CC=CC[C@@H]1C. The Labute approximate surface area is 110 Å². The van der Waals surface area contributed by atoms with Gasteiger partial charge in [0.05, 0.1) is 12.7 Å². The second kappa shape index (κ2) is 5.58. The highest BCUT2D eigenvalue weighted by molar-refractivity contribution is 5.07. The highest BCUT2D eigenvalue weighted by Gasteiger charge is 2.46. The lowest BCUT2D eigenvalue weighted by Crippen LogP contribution is -2.50. The minimum Gasteiger partial charge on any atom is -0.396 e. The summed E-state index contributed by atoms with van der Waals surface area (Å²) >= 11 is 0. The monoisotopic (exact) mass is 250 g/mol. The molecular weight excluding hydrogens is 224 g/mol. The van der Waals surface area contributed by atoms with E-state index in [0.29, 0.717) is 11.8 Å². The van der Waals surface area contributed by atoms with Gasteiger partial charge in [-0.05, 0) is 43.4 Å². The van der Waals surface area contributed by atoms with E-state index in [2.05, 4.69) is 38.2 Å². The molecule has 0 heterocycles. The van der Waals surface area contributed by atoms with Crippen LogP contribution in [0.3, 0.4) is 0 Å². The van der Waals surface area contributed by atoms with Gasteiger partial charge in [0.1, 0.15) is 0 Å². The molecule has 0 saturated heterocycles. The van der Waals surface area contributed by atoms with Crippen LogP contribution in [0, 0.1) is 23.2 Å². The molecule has 2 N–H and O–H groups in total. The van der Waals surface area contributed by atoms with E-state index in [4.69, 9.17) is 0 Å². The number of aliphatic hydroxyl groups excluding tert-OH is 2. The van der Waals surface area contributed by atoms with Crippen LogP contribution in [0.5, 0.6) is 0 Å². The molecule has 0 aromatic rings. The smallest absolute Gasteiger partial charge is 0.0657 e. The van der Waals surface area contributed by atoms with Crippen molar-refractivity contribution in [1.29, 1.82) is 0 Å². The highest BCUT2D eigenvalue weighted by atomic mass is 16.3. The lowest BCUT2D eigenvalue weighted by atomic mass is 9.61. The summed E-state index contributed by atoms with van der Waals surface area (Å²) in [7, 11) is 0. The predicted octanol–water partition coefficient (Wildman–Crippen LogP) is 2.91. The van der Waals surface area contributed by atoms with Crippen LogP contribution in [0.2, 0.25) is 0 Å². The van der Waals surface area contributed by atoms with Crippen molar-refractivity contribution in [2.24, 2.45) is 23.2 Å². The number of allylic oxidation sites excluding steroid dienone is 4. The van der Waals surface area contributed by atoms with Crippen molar-refractivity contribution in [3.05, 3.63) is 24.3 Å². The highest BCUT2D eigenvalue weighted by Crippen LogP contribution is 2.46. The van der Waals surface area contributed by atoms with Crippen molar-refractivity contribution in [2.75, 3.05) is 6.61 Å². The van der Waals surface area contributed by atoms with E-state index in [1.165, 1.54) is 0 Å². The molecule has 0 fully saturated rings. The largest absolute Gasteiger partial charge is 0.396 e. The summed E-state index contributed by atoms with van der Waals surface area (Å²) in [6.07, 6.45) is 12.1.